The van der Waals surface area contributed by atoms with Gasteiger partial charge in [-0.2, -0.15) is 0 Å². The molecular weight excluding hydrogens is 262 g/mol. The number of benzene rings is 1. The number of aryl methyl sites for hydroxylation is 1. The lowest BCUT2D eigenvalue weighted by atomic mass is 10.1. The van der Waals surface area contributed by atoms with E-state index in [0.717, 1.165) is 16.5 Å². The van der Waals surface area contributed by atoms with Crippen molar-refractivity contribution in [1.82, 2.24) is 4.90 Å². The van der Waals surface area contributed by atoms with E-state index in [1.165, 1.54) is 0 Å². The third-order valence-corrected chi connectivity index (χ3v) is 4.08. The van der Waals surface area contributed by atoms with Gasteiger partial charge in [-0.3, -0.25) is 4.79 Å². The maximum atomic E-state index is 12.4. The largest absolute Gasteiger partial charge is 0.451 e. The first-order valence-electron chi connectivity index (χ1n) is 6.19. The lowest BCUT2D eigenvalue weighted by molar-refractivity contribution is 0.0630. The molecule has 0 radical (unpaired) electrons. The van der Waals surface area contributed by atoms with Crippen molar-refractivity contribution < 1.29 is 9.21 Å². The Hall–Kier alpha value is -1.48. The Balaban J connectivity index is 2.36. The van der Waals surface area contributed by atoms with Crippen molar-refractivity contribution in [1.29, 1.82) is 0 Å². The summed E-state index contributed by atoms with van der Waals surface area (Å²) in [6.07, 6.45) is 0. The zero-order valence-corrected chi connectivity index (χ0v) is 12.4. The van der Waals surface area contributed by atoms with E-state index in [9.17, 15) is 4.79 Å². The van der Waals surface area contributed by atoms with Gasteiger partial charge in [-0.25, -0.2) is 0 Å². The SMILES string of the molecule is Cc1ccc2oc(C(=O)N(C)C(C)(C)CCl)cc2c1. The van der Waals surface area contributed by atoms with Crippen molar-refractivity contribution in [3.8, 4) is 0 Å². The van der Waals surface area contributed by atoms with Crippen LogP contribution >= 0.6 is 11.6 Å². The van der Waals surface area contributed by atoms with Gasteiger partial charge in [0.2, 0.25) is 0 Å². The second kappa shape index (κ2) is 4.89. The van der Waals surface area contributed by atoms with Crippen molar-refractivity contribution in [2.24, 2.45) is 0 Å². The van der Waals surface area contributed by atoms with Crippen LogP contribution in [0.4, 0.5) is 0 Å². The van der Waals surface area contributed by atoms with Crippen molar-refractivity contribution in [2.45, 2.75) is 26.3 Å². The molecule has 0 saturated carbocycles. The normalized spacial score (nSPS) is 11.8. The number of hydrogen-bond acceptors (Lipinski definition) is 2. The van der Waals surface area contributed by atoms with Crippen LogP contribution in [0.15, 0.2) is 28.7 Å². The Morgan fingerprint density at radius 3 is 2.68 bits per heavy atom. The van der Waals surface area contributed by atoms with Crippen LogP contribution in [0.25, 0.3) is 11.0 Å². The van der Waals surface area contributed by atoms with Crippen molar-refractivity contribution >= 4 is 28.5 Å². The molecule has 1 aromatic carbocycles. The summed E-state index contributed by atoms with van der Waals surface area (Å²) in [5.41, 5.74) is 1.46. The van der Waals surface area contributed by atoms with Crippen LogP contribution in [0.2, 0.25) is 0 Å². The summed E-state index contributed by atoms with van der Waals surface area (Å²) in [6, 6.07) is 7.63. The molecular formula is C15H18ClNO2. The molecule has 0 spiro atoms. The summed E-state index contributed by atoms with van der Waals surface area (Å²) >= 11 is 5.89. The van der Waals surface area contributed by atoms with Crippen LogP contribution in [-0.2, 0) is 0 Å². The van der Waals surface area contributed by atoms with Crippen LogP contribution in [-0.4, -0.2) is 29.3 Å². The highest BCUT2D eigenvalue weighted by Gasteiger charge is 2.29. The van der Waals surface area contributed by atoms with E-state index in [1.54, 1.807) is 18.0 Å². The van der Waals surface area contributed by atoms with Crippen LogP contribution in [0, 0.1) is 6.92 Å². The van der Waals surface area contributed by atoms with Crippen LogP contribution in [0.5, 0.6) is 0 Å². The topological polar surface area (TPSA) is 33.5 Å². The first-order valence-corrected chi connectivity index (χ1v) is 6.73. The Morgan fingerprint density at radius 1 is 1.37 bits per heavy atom. The smallest absolute Gasteiger partial charge is 0.289 e. The van der Waals surface area contributed by atoms with Gasteiger partial charge in [-0.1, -0.05) is 11.6 Å². The molecule has 0 unspecified atom stereocenters. The molecule has 1 amide bonds. The molecule has 4 heteroatoms. The molecule has 0 fully saturated rings. The van der Waals surface area contributed by atoms with Gasteiger partial charge in [0.1, 0.15) is 5.58 Å². The number of halogens is 1. The molecule has 1 heterocycles. The van der Waals surface area contributed by atoms with E-state index in [0.29, 0.717) is 11.6 Å². The molecule has 0 saturated heterocycles. The molecule has 2 rings (SSSR count). The highest BCUT2D eigenvalue weighted by atomic mass is 35.5. The van der Waals surface area contributed by atoms with E-state index in [4.69, 9.17) is 16.0 Å². The minimum absolute atomic E-state index is 0.153. The fourth-order valence-corrected chi connectivity index (χ4v) is 1.98. The fraction of sp³-hybridized carbons (Fsp3) is 0.400. The van der Waals surface area contributed by atoms with Crippen LogP contribution < -0.4 is 0 Å². The van der Waals surface area contributed by atoms with Crippen molar-refractivity contribution in [3.05, 3.63) is 35.6 Å². The predicted octanol–water partition coefficient (Wildman–Crippen LogP) is 3.83. The minimum atomic E-state index is -0.409. The van der Waals surface area contributed by atoms with Crippen molar-refractivity contribution in [2.75, 3.05) is 12.9 Å². The van der Waals surface area contributed by atoms with Gasteiger partial charge in [-0.05, 0) is 39.0 Å². The van der Waals surface area contributed by atoms with E-state index in [1.807, 2.05) is 39.0 Å². The van der Waals surface area contributed by atoms with Gasteiger partial charge < -0.3 is 9.32 Å². The van der Waals surface area contributed by atoms with Crippen molar-refractivity contribution in [3.63, 3.8) is 0 Å². The second-order valence-corrected chi connectivity index (χ2v) is 5.73. The Labute approximate surface area is 118 Å². The zero-order chi connectivity index (χ0) is 14.2. The number of carbonyl (C=O) groups excluding carboxylic acids is 1. The standard InChI is InChI=1S/C15H18ClNO2/c1-10-5-6-12-11(7-10)8-13(19-12)14(18)17(4)15(2,3)9-16/h5-8H,9H2,1-4H3. The van der Waals surface area contributed by atoms with E-state index >= 15 is 0 Å². The first-order chi connectivity index (χ1) is 8.85. The fourth-order valence-electron chi connectivity index (χ4n) is 1.80. The number of furan rings is 1. The third-order valence-electron chi connectivity index (χ3n) is 3.42. The summed E-state index contributed by atoms with van der Waals surface area (Å²) in [7, 11) is 1.74. The molecule has 0 aliphatic carbocycles. The van der Waals surface area contributed by atoms with Gasteiger partial charge in [0, 0.05) is 18.3 Å². The molecule has 3 nitrogen and oxygen atoms in total. The molecule has 1 aromatic heterocycles. The molecule has 102 valence electrons. The summed E-state index contributed by atoms with van der Waals surface area (Å²) < 4.78 is 5.61. The number of carbonyl (C=O) groups is 1. The number of alkyl halides is 1. The Bertz CT molecular complexity index is 616. The quantitative estimate of drug-likeness (QED) is 0.800. The van der Waals surface area contributed by atoms with Gasteiger partial charge in [-0.15, -0.1) is 11.6 Å². The molecule has 19 heavy (non-hydrogen) atoms. The Morgan fingerprint density at radius 2 is 2.05 bits per heavy atom. The Kier molecular flexibility index (Phi) is 3.59. The average molecular weight is 280 g/mol. The molecule has 0 aliphatic heterocycles. The van der Waals surface area contributed by atoms with Crippen LogP contribution in [0.3, 0.4) is 0 Å². The monoisotopic (exact) mass is 279 g/mol. The second-order valence-electron chi connectivity index (χ2n) is 5.46. The summed E-state index contributed by atoms with van der Waals surface area (Å²) in [6.45, 7) is 5.85. The number of rotatable bonds is 3. The molecule has 0 bridgehead atoms. The number of hydrogen-bond donors (Lipinski definition) is 0. The van der Waals surface area contributed by atoms with E-state index in [2.05, 4.69) is 0 Å². The summed E-state index contributed by atoms with van der Waals surface area (Å²) in [5.74, 6) is 0.565. The maximum absolute atomic E-state index is 12.4. The molecule has 0 N–H and O–H groups in total. The third kappa shape index (κ3) is 2.61. The lowest BCUT2D eigenvalue weighted by Crippen LogP contribution is -2.46. The first kappa shape index (κ1) is 13.9. The maximum Gasteiger partial charge on any atom is 0.289 e. The van der Waals surface area contributed by atoms with Gasteiger partial charge >= 0.3 is 0 Å². The van der Waals surface area contributed by atoms with E-state index in [-0.39, 0.29) is 5.91 Å². The molecule has 0 aliphatic rings. The minimum Gasteiger partial charge on any atom is -0.451 e. The van der Waals surface area contributed by atoms with Gasteiger partial charge in [0.25, 0.3) is 5.91 Å². The van der Waals surface area contributed by atoms with Crippen LogP contribution in [0.1, 0.15) is 30.0 Å². The molecule has 0 atom stereocenters. The van der Waals surface area contributed by atoms with E-state index < -0.39 is 5.54 Å². The highest BCUT2D eigenvalue weighted by Crippen LogP contribution is 2.24. The summed E-state index contributed by atoms with van der Waals surface area (Å²) in [4.78, 5) is 14.0. The number of fused-ring (bicyclic) bond motifs is 1. The highest BCUT2D eigenvalue weighted by molar-refractivity contribution is 6.18. The van der Waals surface area contributed by atoms with Gasteiger partial charge in [0.15, 0.2) is 5.76 Å². The average Bonchev–Trinajstić information content (AvgIpc) is 2.79. The summed E-state index contributed by atoms with van der Waals surface area (Å²) in [5, 5.41) is 0.945. The zero-order valence-electron chi connectivity index (χ0n) is 11.7. The van der Waals surface area contributed by atoms with Gasteiger partial charge in [0.05, 0.1) is 5.54 Å². The number of amides is 1. The predicted molar refractivity (Wildman–Crippen MR) is 77.8 cm³/mol. The lowest BCUT2D eigenvalue weighted by Gasteiger charge is -2.33. The molecule has 2 aromatic rings. The number of nitrogens with zero attached hydrogens (tertiary/aromatic N) is 1.